The third-order valence-electron chi connectivity index (χ3n) is 5.79. The Bertz CT molecular complexity index is 1030. The molecule has 0 aliphatic carbocycles. The van der Waals surface area contributed by atoms with Crippen molar-refractivity contribution in [2.24, 2.45) is 0 Å². The van der Waals surface area contributed by atoms with Gasteiger partial charge in [-0.2, -0.15) is 0 Å². The van der Waals surface area contributed by atoms with Gasteiger partial charge in [-0.05, 0) is 67.5 Å². The fourth-order valence-corrected chi connectivity index (χ4v) is 5.13. The molecule has 2 aromatic heterocycles. The predicted molar refractivity (Wildman–Crippen MR) is 125 cm³/mol. The zero-order valence-corrected chi connectivity index (χ0v) is 18.8. The Morgan fingerprint density at radius 2 is 2.10 bits per heavy atom. The van der Waals surface area contributed by atoms with Crippen molar-refractivity contribution in [1.82, 2.24) is 19.8 Å². The standard InChI is InChI=1S/C23H23BrN4OS/c24-16-6-3-7-17(14-16)27-12-4-10-20(27)22-21(19-9-1-2-11-25-19)26-23(30)28(22)15-18-8-5-13-29-18/h1-4,6-7,9-12,14,18,21-22H,5,8,13,15H2,(H,26,30)/t18-,21-,22-/m0/s1. The van der Waals surface area contributed by atoms with Crippen molar-refractivity contribution in [2.75, 3.05) is 13.2 Å². The van der Waals surface area contributed by atoms with E-state index in [1.165, 1.54) is 5.69 Å². The van der Waals surface area contributed by atoms with Crippen LogP contribution in [0.25, 0.3) is 5.69 Å². The average molecular weight is 483 g/mol. The Balaban J connectivity index is 1.57. The molecule has 0 spiro atoms. The SMILES string of the molecule is S=C1N[C@@H](c2ccccn2)[C@H](c2cccn2-c2cccc(Br)c2)N1C[C@@H]1CCCO1. The monoisotopic (exact) mass is 482 g/mol. The van der Waals surface area contributed by atoms with Crippen LogP contribution in [0.4, 0.5) is 0 Å². The molecule has 4 heterocycles. The molecule has 7 heteroatoms. The molecule has 2 saturated heterocycles. The lowest BCUT2D eigenvalue weighted by molar-refractivity contribution is 0.0836. The summed E-state index contributed by atoms with van der Waals surface area (Å²) in [6.07, 6.45) is 6.35. The number of thiocarbonyl (C=S) groups is 1. The van der Waals surface area contributed by atoms with E-state index in [2.05, 4.69) is 78.3 Å². The minimum atomic E-state index is -0.0269. The number of ether oxygens (including phenoxy) is 1. The number of benzene rings is 1. The minimum Gasteiger partial charge on any atom is -0.376 e. The zero-order valence-electron chi connectivity index (χ0n) is 16.4. The number of hydrogen-bond donors (Lipinski definition) is 1. The van der Waals surface area contributed by atoms with Crippen LogP contribution < -0.4 is 5.32 Å². The smallest absolute Gasteiger partial charge is 0.170 e. The van der Waals surface area contributed by atoms with Crippen LogP contribution in [0.5, 0.6) is 0 Å². The number of halogens is 1. The van der Waals surface area contributed by atoms with Gasteiger partial charge >= 0.3 is 0 Å². The zero-order chi connectivity index (χ0) is 20.5. The number of aromatic nitrogens is 2. The number of pyridine rings is 1. The molecular weight excluding hydrogens is 460 g/mol. The summed E-state index contributed by atoms with van der Waals surface area (Å²) in [5.74, 6) is 0. The fraction of sp³-hybridized carbons (Fsp3) is 0.304. The van der Waals surface area contributed by atoms with Crippen molar-refractivity contribution in [3.05, 3.63) is 82.9 Å². The lowest BCUT2D eigenvalue weighted by atomic mass is 10.0. The lowest BCUT2D eigenvalue weighted by Crippen LogP contribution is -2.36. The van der Waals surface area contributed by atoms with E-state index in [-0.39, 0.29) is 18.2 Å². The maximum Gasteiger partial charge on any atom is 0.170 e. The van der Waals surface area contributed by atoms with Gasteiger partial charge in [-0.3, -0.25) is 4.98 Å². The van der Waals surface area contributed by atoms with Crippen molar-refractivity contribution in [3.63, 3.8) is 0 Å². The average Bonchev–Trinajstić information content (AvgIpc) is 3.50. The van der Waals surface area contributed by atoms with Gasteiger partial charge in [0.25, 0.3) is 0 Å². The highest BCUT2D eigenvalue weighted by Gasteiger charge is 2.42. The molecule has 2 aliphatic rings. The van der Waals surface area contributed by atoms with Crippen molar-refractivity contribution in [3.8, 4) is 5.69 Å². The van der Waals surface area contributed by atoms with Crippen LogP contribution in [0.2, 0.25) is 0 Å². The van der Waals surface area contributed by atoms with Crippen LogP contribution in [-0.2, 0) is 4.74 Å². The van der Waals surface area contributed by atoms with Gasteiger partial charge in [0, 0.05) is 41.4 Å². The van der Waals surface area contributed by atoms with Gasteiger partial charge in [-0.15, -0.1) is 0 Å². The summed E-state index contributed by atoms with van der Waals surface area (Å²) >= 11 is 9.40. The summed E-state index contributed by atoms with van der Waals surface area (Å²) in [5.41, 5.74) is 3.27. The molecule has 5 nitrogen and oxygen atoms in total. The Morgan fingerprint density at radius 1 is 1.17 bits per heavy atom. The number of nitrogens with zero attached hydrogens (tertiary/aromatic N) is 3. The predicted octanol–water partition coefficient (Wildman–Crippen LogP) is 4.79. The summed E-state index contributed by atoms with van der Waals surface area (Å²) < 4.78 is 9.24. The first kappa shape index (κ1) is 19.7. The third-order valence-corrected chi connectivity index (χ3v) is 6.64. The molecule has 154 valence electrons. The summed E-state index contributed by atoms with van der Waals surface area (Å²) in [6, 6.07) is 18.7. The molecule has 1 N–H and O–H groups in total. The first-order valence-electron chi connectivity index (χ1n) is 10.2. The Morgan fingerprint density at radius 3 is 2.87 bits per heavy atom. The molecule has 5 rings (SSSR count). The fourth-order valence-electron chi connectivity index (χ4n) is 4.43. The first-order valence-corrected chi connectivity index (χ1v) is 11.4. The van der Waals surface area contributed by atoms with E-state index in [4.69, 9.17) is 17.0 Å². The highest BCUT2D eigenvalue weighted by atomic mass is 79.9. The number of nitrogens with one attached hydrogen (secondary N) is 1. The molecule has 0 bridgehead atoms. The van der Waals surface area contributed by atoms with Gasteiger partial charge in [0.15, 0.2) is 5.11 Å². The first-order chi connectivity index (χ1) is 14.7. The van der Waals surface area contributed by atoms with Crippen molar-refractivity contribution >= 4 is 33.3 Å². The lowest BCUT2D eigenvalue weighted by Gasteiger charge is -2.30. The molecule has 1 aromatic carbocycles. The van der Waals surface area contributed by atoms with Gasteiger partial charge in [0.05, 0.1) is 23.9 Å². The summed E-state index contributed by atoms with van der Waals surface area (Å²) in [5, 5.41) is 4.30. The second kappa shape index (κ2) is 8.49. The normalized spacial score (nSPS) is 23.7. The molecule has 3 aromatic rings. The van der Waals surface area contributed by atoms with Crippen LogP contribution in [0.1, 0.15) is 36.3 Å². The molecule has 3 atom stereocenters. The molecule has 0 unspecified atom stereocenters. The number of hydrogen-bond acceptors (Lipinski definition) is 3. The Hall–Kier alpha value is -2.22. The third kappa shape index (κ3) is 3.77. The van der Waals surface area contributed by atoms with Crippen molar-refractivity contribution < 1.29 is 4.74 Å². The largest absolute Gasteiger partial charge is 0.376 e. The van der Waals surface area contributed by atoms with Crippen LogP contribution in [-0.4, -0.2) is 38.8 Å². The summed E-state index contributed by atoms with van der Waals surface area (Å²) in [4.78, 5) is 6.93. The topological polar surface area (TPSA) is 42.3 Å². The van der Waals surface area contributed by atoms with E-state index in [0.717, 1.165) is 47.0 Å². The second-order valence-corrected chi connectivity index (χ2v) is 9.00. The summed E-state index contributed by atoms with van der Waals surface area (Å²) in [7, 11) is 0. The van der Waals surface area contributed by atoms with Gasteiger partial charge in [0.1, 0.15) is 0 Å². The quantitative estimate of drug-likeness (QED) is 0.529. The summed E-state index contributed by atoms with van der Waals surface area (Å²) in [6.45, 7) is 1.62. The van der Waals surface area contributed by atoms with Gasteiger partial charge in [0.2, 0.25) is 0 Å². The molecule has 2 fully saturated rings. The van der Waals surface area contributed by atoms with Gasteiger partial charge in [-0.25, -0.2) is 0 Å². The van der Waals surface area contributed by atoms with Crippen LogP contribution in [0.15, 0.2) is 71.5 Å². The molecular formula is C23H23BrN4OS. The van der Waals surface area contributed by atoms with Crippen molar-refractivity contribution in [1.29, 1.82) is 0 Å². The molecule has 0 radical (unpaired) electrons. The van der Waals surface area contributed by atoms with Gasteiger partial charge < -0.3 is 19.5 Å². The van der Waals surface area contributed by atoms with Crippen molar-refractivity contribution in [2.45, 2.75) is 31.0 Å². The van der Waals surface area contributed by atoms with Crippen LogP contribution in [0.3, 0.4) is 0 Å². The molecule has 2 aliphatic heterocycles. The maximum absolute atomic E-state index is 5.94. The maximum atomic E-state index is 5.94. The highest BCUT2D eigenvalue weighted by Crippen LogP contribution is 2.40. The van der Waals surface area contributed by atoms with E-state index >= 15 is 0 Å². The van der Waals surface area contributed by atoms with Crippen LogP contribution >= 0.6 is 28.1 Å². The van der Waals surface area contributed by atoms with E-state index < -0.39 is 0 Å². The molecule has 30 heavy (non-hydrogen) atoms. The highest BCUT2D eigenvalue weighted by molar-refractivity contribution is 9.10. The number of rotatable bonds is 5. The van der Waals surface area contributed by atoms with Gasteiger partial charge in [-0.1, -0.05) is 28.1 Å². The Kier molecular flexibility index (Phi) is 5.58. The van der Waals surface area contributed by atoms with E-state index in [1.54, 1.807) is 0 Å². The Labute approximate surface area is 190 Å². The van der Waals surface area contributed by atoms with E-state index in [0.29, 0.717) is 0 Å². The van der Waals surface area contributed by atoms with E-state index in [9.17, 15) is 0 Å². The second-order valence-electron chi connectivity index (χ2n) is 7.70. The minimum absolute atomic E-state index is 0.0191. The van der Waals surface area contributed by atoms with E-state index in [1.807, 2.05) is 24.4 Å². The molecule has 0 amide bonds. The van der Waals surface area contributed by atoms with Crippen LogP contribution in [0, 0.1) is 0 Å². The molecule has 0 saturated carbocycles.